The Morgan fingerprint density at radius 2 is 1.79 bits per heavy atom. The number of hydrogen-bond donors (Lipinski definition) is 0. The van der Waals surface area contributed by atoms with E-state index in [2.05, 4.69) is 45.0 Å². The fourth-order valence-corrected chi connectivity index (χ4v) is 2.89. The first kappa shape index (κ1) is 16.3. The lowest BCUT2D eigenvalue weighted by molar-refractivity contribution is 0.0529. The van der Waals surface area contributed by atoms with Crippen molar-refractivity contribution in [3.8, 4) is 11.3 Å². The molecule has 0 aliphatic rings. The number of aromatic nitrogens is 1. The zero-order valence-electron chi connectivity index (χ0n) is 14.7. The molecule has 1 aromatic carbocycles. The van der Waals surface area contributed by atoms with Crippen molar-refractivity contribution >= 4 is 11.5 Å². The summed E-state index contributed by atoms with van der Waals surface area (Å²) in [7, 11) is 0. The van der Waals surface area contributed by atoms with E-state index >= 15 is 0 Å². The number of rotatable bonds is 3. The summed E-state index contributed by atoms with van der Waals surface area (Å²) in [6, 6.07) is 16.3. The van der Waals surface area contributed by atoms with Gasteiger partial charge in [0.15, 0.2) is 0 Å². The third-order valence-electron chi connectivity index (χ3n) is 4.22. The lowest BCUT2D eigenvalue weighted by Crippen LogP contribution is -2.10. The van der Waals surface area contributed by atoms with Crippen LogP contribution in [0.5, 0.6) is 0 Å². The third kappa shape index (κ3) is 2.94. The van der Waals surface area contributed by atoms with Crippen molar-refractivity contribution < 1.29 is 9.53 Å². The van der Waals surface area contributed by atoms with E-state index in [9.17, 15) is 4.79 Å². The van der Waals surface area contributed by atoms with E-state index in [0.29, 0.717) is 12.2 Å². The summed E-state index contributed by atoms with van der Waals surface area (Å²) >= 11 is 0. The first-order chi connectivity index (χ1) is 11.4. The molecule has 124 valence electrons. The minimum atomic E-state index is -0.279. The van der Waals surface area contributed by atoms with Crippen LogP contribution in [-0.4, -0.2) is 17.0 Å². The van der Waals surface area contributed by atoms with E-state index < -0.39 is 0 Å². The number of nitrogens with zero attached hydrogens (tertiary/aromatic N) is 1. The second kappa shape index (κ2) is 6.16. The maximum atomic E-state index is 12.3. The van der Waals surface area contributed by atoms with Gasteiger partial charge in [-0.2, -0.15) is 0 Å². The van der Waals surface area contributed by atoms with Crippen LogP contribution < -0.4 is 0 Å². The highest BCUT2D eigenvalue weighted by Crippen LogP contribution is 2.29. The highest BCUT2D eigenvalue weighted by Gasteiger charge is 2.18. The Bertz CT molecular complexity index is 867. The van der Waals surface area contributed by atoms with Crippen LogP contribution in [0.2, 0.25) is 0 Å². The van der Waals surface area contributed by atoms with Crippen LogP contribution in [0.25, 0.3) is 16.8 Å². The lowest BCUT2D eigenvalue weighted by Gasteiger charge is -2.19. The van der Waals surface area contributed by atoms with E-state index in [-0.39, 0.29) is 11.4 Å². The minimum Gasteiger partial charge on any atom is -0.462 e. The van der Waals surface area contributed by atoms with Gasteiger partial charge in [-0.25, -0.2) is 4.79 Å². The molecule has 0 unspecified atom stereocenters. The van der Waals surface area contributed by atoms with Crippen molar-refractivity contribution in [1.29, 1.82) is 0 Å². The SMILES string of the molecule is CCOC(=O)c1cc(-c2ccc(C(C)(C)C)cc2)n2ccccc12. The molecule has 3 aromatic rings. The first-order valence-electron chi connectivity index (χ1n) is 8.30. The highest BCUT2D eigenvalue weighted by molar-refractivity contribution is 5.99. The van der Waals surface area contributed by atoms with Crippen molar-refractivity contribution in [2.45, 2.75) is 33.1 Å². The Hall–Kier alpha value is -2.55. The van der Waals surface area contributed by atoms with Crippen molar-refractivity contribution in [2.24, 2.45) is 0 Å². The monoisotopic (exact) mass is 321 g/mol. The van der Waals surface area contributed by atoms with E-state index in [4.69, 9.17) is 4.74 Å². The molecule has 3 rings (SSSR count). The molecule has 24 heavy (non-hydrogen) atoms. The molecule has 0 N–H and O–H groups in total. The largest absolute Gasteiger partial charge is 0.462 e. The van der Waals surface area contributed by atoms with Crippen LogP contribution in [0.15, 0.2) is 54.7 Å². The van der Waals surface area contributed by atoms with Gasteiger partial charge in [0.2, 0.25) is 0 Å². The molecular weight excluding hydrogens is 298 g/mol. The molecule has 0 spiro atoms. The molecule has 0 saturated carbocycles. The summed E-state index contributed by atoms with van der Waals surface area (Å²) in [6.45, 7) is 8.80. The van der Waals surface area contributed by atoms with Gasteiger partial charge in [0.05, 0.1) is 23.4 Å². The van der Waals surface area contributed by atoms with Gasteiger partial charge >= 0.3 is 5.97 Å². The van der Waals surface area contributed by atoms with Crippen molar-refractivity contribution in [1.82, 2.24) is 4.40 Å². The summed E-state index contributed by atoms with van der Waals surface area (Å²) in [5.74, 6) is -0.279. The Labute approximate surface area is 142 Å². The smallest absolute Gasteiger partial charge is 0.340 e. The molecule has 0 aliphatic heterocycles. The number of carbonyl (C=O) groups excluding carboxylic acids is 1. The summed E-state index contributed by atoms with van der Waals surface area (Å²) < 4.78 is 7.24. The average Bonchev–Trinajstić information content (AvgIpc) is 2.94. The number of hydrogen-bond acceptors (Lipinski definition) is 2. The molecule has 2 heterocycles. The number of fused-ring (bicyclic) bond motifs is 1. The lowest BCUT2D eigenvalue weighted by atomic mass is 9.86. The normalized spacial score (nSPS) is 11.7. The fourth-order valence-electron chi connectivity index (χ4n) is 2.89. The van der Waals surface area contributed by atoms with Gasteiger partial charge in [0, 0.05) is 6.20 Å². The van der Waals surface area contributed by atoms with Gasteiger partial charge in [-0.1, -0.05) is 51.1 Å². The summed E-state index contributed by atoms with van der Waals surface area (Å²) in [4.78, 5) is 12.3. The molecule has 0 radical (unpaired) electrons. The van der Waals surface area contributed by atoms with E-state index in [0.717, 1.165) is 16.8 Å². The quantitative estimate of drug-likeness (QED) is 0.630. The summed E-state index contributed by atoms with van der Waals surface area (Å²) in [5.41, 5.74) is 4.96. The second-order valence-electron chi connectivity index (χ2n) is 6.95. The van der Waals surface area contributed by atoms with Crippen LogP contribution in [0.4, 0.5) is 0 Å². The van der Waals surface area contributed by atoms with Crippen LogP contribution in [0, 0.1) is 0 Å². The predicted molar refractivity (Wildman–Crippen MR) is 97.5 cm³/mol. The Balaban J connectivity index is 2.11. The summed E-state index contributed by atoms with van der Waals surface area (Å²) in [6.07, 6.45) is 1.98. The van der Waals surface area contributed by atoms with Crippen LogP contribution in [0.1, 0.15) is 43.6 Å². The standard InChI is InChI=1S/C21H23NO2/c1-5-24-20(23)17-14-19(22-13-7-6-8-18(17)22)15-9-11-16(12-10-15)21(2,3)4/h6-14H,5H2,1-4H3. The molecular formula is C21H23NO2. The Morgan fingerprint density at radius 1 is 1.08 bits per heavy atom. The molecule has 2 aromatic heterocycles. The van der Waals surface area contributed by atoms with E-state index in [1.54, 1.807) is 0 Å². The van der Waals surface area contributed by atoms with Crippen molar-refractivity contribution in [3.05, 3.63) is 65.9 Å². The molecule has 0 fully saturated rings. The molecule has 0 amide bonds. The molecule has 3 heteroatoms. The summed E-state index contributed by atoms with van der Waals surface area (Å²) in [5, 5.41) is 0. The number of carbonyl (C=O) groups is 1. The first-order valence-corrected chi connectivity index (χ1v) is 8.30. The molecule has 3 nitrogen and oxygen atoms in total. The van der Waals surface area contributed by atoms with Gasteiger partial charge in [0.25, 0.3) is 0 Å². The molecule has 0 bridgehead atoms. The number of esters is 1. The van der Waals surface area contributed by atoms with Gasteiger partial charge in [-0.15, -0.1) is 0 Å². The number of ether oxygens (including phenoxy) is 1. The topological polar surface area (TPSA) is 30.7 Å². The maximum absolute atomic E-state index is 12.3. The fraction of sp³-hybridized carbons (Fsp3) is 0.286. The van der Waals surface area contributed by atoms with Crippen molar-refractivity contribution in [3.63, 3.8) is 0 Å². The zero-order valence-corrected chi connectivity index (χ0v) is 14.7. The molecule has 0 aliphatic carbocycles. The van der Waals surface area contributed by atoms with Gasteiger partial charge in [-0.3, -0.25) is 0 Å². The number of pyridine rings is 1. The number of benzene rings is 1. The van der Waals surface area contributed by atoms with Crippen LogP contribution in [-0.2, 0) is 10.2 Å². The van der Waals surface area contributed by atoms with Crippen molar-refractivity contribution in [2.75, 3.05) is 6.61 Å². The second-order valence-corrected chi connectivity index (χ2v) is 6.95. The molecule has 0 saturated heterocycles. The highest BCUT2D eigenvalue weighted by atomic mass is 16.5. The van der Waals surface area contributed by atoms with Crippen LogP contribution in [0.3, 0.4) is 0 Å². The minimum absolute atomic E-state index is 0.121. The Morgan fingerprint density at radius 3 is 2.42 bits per heavy atom. The van der Waals surface area contributed by atoms with Gasteiger partial charge in [0.1, 0.15) is 0 Å². The molecule has 0 atom stereocenters. The van der Waals surface area contributed by atoms with E-state index in [1.807, 2.05) is 41.8 Å². The predicted octanol–water partition coefficient (Wildman–Crippen LogP) is 5.08. The zero-order chi connectivity index (χ0) is 17.3. The van der Waals surface area contributed by atoms with Crippen LogP contribution >= 0.6 is 0 Å². The maximum Gasteiger partial charge on any atom is 0.340 e. The van der Waals surface area contributed by atoms with E-state index in [1.165, 1.54) is 5.56 Å². The third-order valence-corrected chi connectivity index (χ3v) is 4.22. The Kier molecular flexibility index (Phi) is 4.18. The van der Waals surface area contributed by atoms with Gasteiger partial charge < -0.3 is 9.14 Å². The average molecular weight is 321 g/mol. The van der Waals surface area contributed by atoms with Gasteiger partial charge in [-0.05, 0) is 41.7 Å².